The Balaban J connectivity index is 2.07. The van der Waals surface area contributed by atoms with Gasteiger partial charge in [0.25, 0.3) is 5.69 Å². The molecule has 2 aromatic carbocycles. The maximum Gasteiger partial charge on any atom is 0.355 e. The van der Waals surface area contributed by atoms with Crippen molar-refractivity contribution >= 4 is 38.4 Å². The number of benzene rings is 2. The second kappa shape index (κ2) is 6.43. The molecule has 0 atom stereocenters. The number of nitro benzene ring substituents is 1. The van der Waals surface area contributed by atoms with E-state index in [2.05, 4.69) is 0 Å². The Morgan fingerprint density at radius 1 is 1.19 bits per heavy atom. The third-order valence-electron chi connectivity index (χ3n) is 3.61. The second-order valence-electron chi connectivity index (χ2n) is 5.25. The van der Waals surface area contributed by atoms with E-state index in [1.165, 1.54) is 30.3 Å². The van der Waals surface area contributed by atoms with Crippen molar-refractivity contribution in [2.75, 3.05) is 0 Å². The number of halogens is 1. The Hall–Kier alpha value is -2.91. The van der Waals surface area contributed by atoms with Crippen LogP contribution in [0.2, 0.25) is 5.02 Å². The molecule has 10 heteroatoms. The summed E-state index contributed by atoms with van der Waals surface area (Å²) in [6.45, 7) is 1.62. The largest absolute Gasteiger partial charge is 0.421 e. The first kappa shape index (κ1) is 17.9. The lowest BCUT2D eigenvalue weighted by Gasteiger charge is -2.09. The number of para-hydroxylation sites is 1. The van der Waals surface area contributed by atoms with Crippen LogP contribution >= 0.6 is 11.6 Å². The van der Waals surface area contributed by atoms with E-state index in [0.717, 1.165) is 12.1 Å². The number of hydrogen-bond donors (Lipinski definition) is 0. The molecule has 134 valence electrons. The van der Waals surface area contributed by atoms with Crippen molar-refractivity contribution in [1.29, 1.82) is 0 Å². The van der Waals surface area contributed by atoms with Gasteiger partial charge in [-0.1, -0.05) is 23.7 Å². The summed E-state index contributed by atoms with van der Waals surface area (Å²) in [5.41, 5.74) is -0.823. The Bertz CT molecular complexity index is 1200. The number of aryl methyl sites for hydroxylation is 1. The number of hydrogen-bond acceptors (Lipinski definition) is 7. The molecular weight excluding hydrogens is 386 g/mol. The monoisotopic (exact) mass is 395 g/mol. The second-order valence-corrected chi connectivity index (χ2v) is 7.14. The molecule has 0 N–H and O–H groups in total. The molecule has 0 saturated carbocycles. The van der Waals surface area contributed by atoms with Gasteiger partial charge in [0.1, 0.15) is 16.4 Å². The molecule has 0 spiro atoms. The summed E-state index contributed by atoms with van der Waals surface area (Å²) in [4.78, 5) is 21.3. The third kappa shape index (κ3) is 3.14. The molecule has 0 amide bonds. The van der Waals surface area contributed by atoms with Crippen molar-refractivity contribution in [3.05, 3.63) is 73.6 Å². The van der Waals surface area contributed by atoms with Gasteiger partial charge in [-0.25, -0.2) is 4.79 Å². The van der Waals surface area contributed by atoms with E-state index in [1.54, 1.807) is 6.92 Å². The van der Waals surface area contributed by atoms with E-state index >= 15 is 0 Å². The standard InChI is InChI=1S/C16H10ClNO7S/c1-9-11-7-6-10(8-13(11)24-16(19)15(9)17)25-26(22,23)14-5-3-2-4-12(14)18(20)21/h2-8H,1H3. The van der Waals surface area contributed by atoms with Crippen LogP contribution in [0.3, 0.4) is 0 Å². The molecule has 0 aliphatic heterocycles. The minimum absolute atomic E-state index is 0.0706. The van der Waals surface area contributed by atoms with Crippen LogP contribution in [-0.2, 0) is 10.1 Å². The fourth-order valence-electron chi connectivity index (χ4n) is 2.36. The van der Waals surface area contributed by atoms with Gasteiger partial charge in [0.15, 0.2) is 4.90 Å². The molecule has 0 bridgehead atoms. The summed E-state index contributed by atoms with van der Waals surface area (Å²) >= 11 is 5.83. The molecule has 3 rings (SSSR count). The van der Waals surface area contributed by atoms with Gasteiger partial charge in [0.05, 0.1) is 4.92 Å². The lowest BCUT2D eigenvalue weighted by Crippen LogP contribution is -2.12. The zero-order valence-electron chi connectivity index (χ0n) is 13.1. The predicted octanol–water partition coefficient (Wildman–Crippen LogP) is 3.43. The van der Waals surface area contributed by atoms with E-state index < -0.39 is 31.2 Å². The lowest BCUT2D eigenvalue weighted by molar-refractivity contribution is -0.387. The van der Waals surface area contributed by atoms with Gasteiger partial charge in [0, 0.05) is 17.5 Å². The SMILES string of the molecule is Cc1c(Cl)c(=O)oc2cc(OS(=O)(=O)c3ccccc3[N+](=O)[O-])ccc12. The number of nitrogens with zero attached hydrogens (tertiary/aromatic N) is 1. The summed E-state index contributed by atoms with van der Waals surface area (Å²) < 4.78 is 34.8. The third-order valence-corrected chi connectivity index (χ3v) is 5.34. The van der Waals surface area contributed by atoms with Crippen molar-refractivity contribution in [3.8, 4) is 5.75 Å². The van der Waals surface area contributed by atoms with E-state index in [4.69, 9.17) is 20.2 Å². The smallest absolute Gasteiger partial charge is 0.355 e. The molecule has 0 aliphatic carbocycles. The lowest BCUT2D eigenvalue weighted by atomic mass is 10.1. The quantitative estimate of drug-likeness (QED) is 0.287. The van der Waals surface area contributed by atoms with Crippen LogP contribution in [0.5, 0.6) is 5.75 Å². The maximum absolute atomic E-state index is 12.4. The Morgan fingerprint density at radius 3 is 2.58 bits per heavy atom. The topological polar surface area (TPSA) is 117 Å². The molecule has 0 saturated heterocycles. The Labute approximate surface area is 151 Å². The molecule has 0 fully saturated rings. The highest BCUT2D eigenvalue weighted by molar-refractivity contribution is 7.87. The fourth-order valence-corrected chi connectivity index (χ4v) is 3.59. The minimum atomic E-state index is -4.47. The van der Waals surface area contributed by atoms with E-state index in [1.807, 2.05) is 0 Å². The first-order valence-electron chi connectivity index (χ1n) is 7.11. The summed E-state index contributed by atoms with van der Waals surface area (Å²) in [6, 6.07) is 8.82. The van der Waals surface area contributed by atoms with E-state index in [0.29, 0.717) is 10.9 Å². The highest BCUT2D eigenvalue weighted by atomic mass is 35.5. The van der Waals surface area contributed by atoms with Gasteiger partial charge < -0.3 is 8.60 Å². The van der Waals surface area contributed by atoms with Crippen LogP contribution in [0.1, 0.15) is 5.56 Å². The zero-order chi connectivity index (χ0) is 19.1. The van der Waals surface area contributed by atoms with Crippen molar-refractivity contribution in [3.63, 3.8) is 0 Å². The number of rotatable bonds is 4. The van der Waals surface area contributed by atoms with Crippen LogP contribution in [0.15, 0.2) is 56.6 Å². The van der Waals surface area contributed by atoms with Gasteiger partial charge >= 0.3 is 15.7 Å². The van der Waals surface area contributed by atoms with Gasteiger partial charge in [0.2, 0.25) is 0 Å². The average Bonchev–Trinajstić information content (AvgIpc) is 2.59. The molecule has 1 heterocycles. The Kier molecular flexibility index (Phi) is 4.43. The molecule has 0 radical (unpaired) electrons. The van der Waals surface area contributed by atoms with Crippen molar-refractivity contribution in [1.82, 2.24) is 0 Å². The van der Waals surface area contributed by atoms with Gasteiger partial charge in [-0.2, -0.15) is 8.42 Å². The van der Waals surface area contributed by atoms with Crippen LogP contribution in [0.25, 0.3) is 11.0 Å². The van der Waals surface area contributed by atoms with Crippen LogP contribution in [-0.4, -0.2) is 13.3 Å². The first-order chi connectivity index (χ1) is 12.2. The molecule has 0 aliphatic rings. The molecule has 8 nitrogen and oxygen atoms in total. The normalized spacial score (nSPS) is 11.5. The van der Waals surface area contributed by atoms with Crippen LogP contribution in [0, 0.1) is 17.0 Å². The molecule has 3 aromatic rings. The first-order valence-corrected chi connectivity index (χ1v) is 8.90. The summed E-state index contributed by atoms with van der Waals surface area (Å²) in [5.74, 6) is -0.166. The Morgan fingerprint density at radius 2 is 1.88 bits per heavy atom. The van der Waals surface area contributed by atoms with Gasteiger partial charge in [-0.3, -0.25) is 10.1 Å². The highest BCUT2D eigenvalue weighted by Crippen LogP contribution is 2.29. The van der Waals surface area contributed by atoms with Gasteiger partial charge in [-0.15, -0.1) is 0 Å². The summed E-state index contributed by atoms with van der Waals surface area (Å²) in [6.07, 6.45) is 0. The average molecular weight is 396 g/mol. The molecular formula is C16H10ClNO7S. The fraction of sp³-hybridized carbons (Fsp3) is 0.0625. The van der Waals surface area contributed by atoms with Gasteiger partial charge in [-0.05, 0) is 30.7 Å². The van der Waals surface area contributed by atoms with Crippen molar-refractivity contribution in [2.24, 2.45) is 0 Å². The highest BCUT2D eigenvalue weighted by Gasteiger charge is 2.27. The van der Waals surface area contributed by atoms with Crippen molar-refractivity contribution < 1.29 is 21.9 Å². The van der Waals surface area contributed by atoms with E-state index in [9.17, 15) is 23.3 Å². The van der Waals surface area contributed by atoms with Crippen LogP contribution in [0.4, 0.5) is 5.69 Å². The van der Waals surface area contributed by atoms with Crippen LogP contribution < -0.4 is 9.81 Å². The van der Waals surface area contributed by atoms with Crippen molar-refractivity contribution in [2.45, 2.75) is 11.8 Å². The zero-order valence-corrected chi connectivity index (χ0v) is 14.7. The molecule has 1 aromatic heterocycles. The summed E-state index contributed by atoms with van der Waals surface area (Å²) in [7, 11) is -4.47. The minimum Gasteiger partial charge on any atom is -0.421 e. The maximum atomic E-state index is 12.4. The number of fused-ring (bicyclic) bond motifs is 1. The molecule has 0 unspecified atom stereocenters. The van der Waals surface area contributed by atoms with E-state index in [-0.39, 0.29) is 16.4 Å². The predicted molar refractivity (Wildman–Crippen MR) is 93.1 cm³/mol. The number of nitro groups is 1. The molecule has 26 heavy (non-hydrogen) atoms. The summed E-state index contributed by atoms with van der Waals surface area (Å²) in [5, 5.41) is 11.5.